The molecule has 0 radical (unpaired) electrons. The molecule has 0 spiro atoms. The molecule has 6 nitrogen and oxygen atoms in total. The second kappa shape index (κ2) is 13.1. The second-order valence-electron chi connectivity index (χ2n) is 6.52. The molecule has 0 bridgehead atoms. The average molecular weight is 513 g/mol. The van der Waals surface area contributed by atoms with Gasteiger partial charge in [0.05, 0.1) is 13.1 Å². The van der Waals surface area contributed by atoms with E-state index in [1.54, 1.807) is 31.1 Å². The van der Waals surface area contributed by atoms with Crippen LogP contribution in [0.4, 0.5) is 4.39 Å². The number of halogens is 2. The lowest BCUT2D eigenvalue weighted by molar-refractivity contribution is -0.128. The Kier molecular flexibility index (Phi) is 11.2. The molecule has 0 atom stereocenters. The van der Waals surface area contributed by atoms with Gasteiger partial charge in [-0.3, -0.25) is 9.78 Å². The van der Waals surface area contributed by atoms with E-state index < -0.39 is 0 Å². The number of nitrogens with zero attached hydrogens (tertiary/aromatic N) is 3. The van der Waals surface area contributed by atoms with Gasteiger partial charge in [0.15, 0.2) is 5.96 Å². The zero-order valence-corrected chi connectivity index (χ0v) is 19.4. The Morgan fingerprint density at radius 3 is 2.69 bits per heavy atom. The fourth-order valence-electron chi connectivity index (χ4n) is 2.49. The molecule has 0 saturated heterocycles. The van der Waals surface area contributed by atoms with Gasteiger partial charge in [0.25, 0.3) is 0 Å². The fourth-order valence-corrected chi connectivity index (χ4v) is 2.49. The third-order valence-corrected chi connectivity index (χ3v) is 4.26. The van der Waals surface area contributed by atoms with Crippen LogP contribution in [-0.2, 0) is 17.8 Å². The minimum Gasteiger partial charge on any atom is -0.357 e. The monoisotopic (exact) mass is 513 g/mol. The Bertz CT molecular complexity index is 801. The number of guanidine groups is 1. The first kappa shape index (κ1) is 24.8. The van der Waals surface area contributed by atoms with Gasteiger partial charge in [0.2, 0.25) is 5.91 Å². The maximum atomic E-state index is 13.7. The van der Waals surface area contributed by atoms with E-state index in [0.29, 0.717) is 37.6 Å². The molecular formula is C21H29FIN5O. The molecule has 1 amide bonds. The predicted octanol–water partition coefficient (Wildman–Crippen LogP) is 2.90. The molecule has 2 aromatic rings. The summed E-state index contributed by atoms with van der Waals surface area (Å²) < 4.78 is 13.7. The van der Waals surface area contributed by atoms with Gasteiger partial charge in [-0.25, -0.2) is 9.38 Å². The summed E-state index contributed by atoms with van der Waals surface area (Å²) in [4.78, 5) is 22.7. The quantitative estimate of drug-likeness (QED) is 0.324. The second-order valence-corrected chi connectivity index (χ2v) is 6.52. The van der Waals surface area contributed by atoms with Crippen LogP contribution in [0.2, 0.25) is 0 Å². The van der Waals surface area contributed by atoms with Crippen molar-refractivity contribution < 1.29 is 9.18 Å². The summed E-state index contributed by atoms with van der Waals surface area (Å²) >= 11 is 0. The molecule has 0 unspecified atom stereocenters. The van der Waals surface area contributed by atoms with E-state index in [-0.39, 0.29) is 42.2 Å². The van der Waals surface area contributed by atoms with Gasteiger partial charge in [-0.15, -0.1) is 24.0 Å². The van der Waals surface area contributed by atoms with E-state index in [4.69, 9.17) is 0 Å². The van der Waals surface area contributed by atoms with Crippen molar-refractivity contribution in [2.24, 2.45) is 4.99 Å². The number of rotatable bonds is 8. The maximum absolute atomic E-state index is 13.7. The highest BCUT2D eigenvalue weighted by Gasteiger charge is 2.10. The van der Waals surface area contributed by atoms with E-state index in [1.165, 1.54) is 6.07 Å². The van der Waals surface area contributed by atoms with Crippen LogP contribution in [0.5, 0.6) is 0 Å². The summed E-state index contributed by atoms with van der Waals surface area (Å²) in [6, 6.07) is 10.8. The summed E-state index contributed by atoms with van der Waals surface area (Å²) in [5.41, 5.74) is 2.34. The van der Waals surface area contributed by atoms with Crippen molar-refractivity contribution in [3.8, 4) is 0 Å². The van der Waals surface area contributed by atoms with Crippen LogP contribution < -0.4 is 10.6 Å². The molecule has 0 aliphatic heterocycles. The molecule has 1 heterocycles. The molecule has 2 rings (SSSR count). The van der Waals surface area contributed by atoms with Crippen LogP contribution in [0.25, 0.3) is 0 Å². The van der Waals surface area contributed by atoms with Gasteiger partial charge in [0.1, 0.15) is 5.82 Å². The van der Waals surface area contributed by atoms with E-state index in [1.807, 2.05) is 31.2 Å². The van der Waals surface area contributed by atoms with Gasteiger partial charge in [-0.05, 0) is 43.2 Å². The predicted molar refractivity (Wildman–Crippen MR) is 125 cm³/mol. The van der Waals surface area contributed by atoms with Crippen molar-refractivity contribution in [1.82, 2.24) is 20.5 Å². The molecule has 0 saturated carbocycles. The van der Waals surface area contributed by atoms with Crippen molar-refractivity contribution >= 4 is 35.8 Å². The molecule has 2 N–H and O–H groups in total. The van der Waals surface area contributed by atoms with Gasteiger partial charge in [-0.1, -0.05) is 18.2 Å². The highest BCUT2D eigenvalue weighted by molar-refractivity contribution is 14.0. The van der Waals surface area contributed by atoms with Crippen molar-refractivity contribution in [2.45, 2.75) is 26.8 Å². The number of aliphatic imine (C=N–C) groups is 1. The van der Waals surface area contributed by atoms with Crippen LogP contribution in [0, 0.1) is 12.7 Å². The largest absolute Gasteiger partial charge is 0.357 e. The molecule has 0 fully saturated rings. The number of aromatic nitrogens is 1. The minimum atomic E-state index is -0.240. The molecule has 29 heavy (non-hydrogen) atoms. The van der Waals surface area contributed by atoms with Crippen molar-refractivity contribution in [2.75, 3.05) is 26.7 Å². The number of benzene rings is 1. The zero-order valence-electron chi connectivity index (χ0n) is 17.1. The first-order valence-electron chi connectivity index (χ1n) is 9.40. The van der Waals surface area contributed by atoms with Gasteiger partial charge < -0.3 is 15.5 Å². The maximum Gasteiger partial charge on any atom is 0.241 e. The Labute approximate surface area is 189 Å². The van der Waals surface area contributed by atoms with Gasteiger partial charge in [0, 0.05) is 38.4 Å². The van der Waals surface area contributed by atoms with E-state index >= 15 is 0 Å². The lowest BCUT2D eigenvalue weighted by Crippen LogP contribution is -2.44. The first-order valence-corrected chi connectivity index (χ1v) is 9.40. The number of nitrogens with one attached hydrogen (secondary N) is 2. The molecular weight excluding hydrogens is 484 g/mol. The van der Waals surface area contributed by atoms with Gasteiger partial charge >= 0.3 is 0 Å². The lowest BCUT2D eigenvalue weighted by Gasteiger charge is -2.18. The van der Waals surface area contributed by atoms with E-state index in [2.05, 4.69) is 20.6 Å². The van der Waals surface area contributed by atoms with Crippen molar-refractivity contribution in [3.63, 3.8) is 0 Å². The van der Waals surface area contributed by atoms with E-state index in [0.717, 1.165) is 11.3 Å². The highest BCUT2D eigenvalue weighted by atomic mass is 127. The Hall–Kier alpha value is -2.23. The topological polar surface area (TPSA) is 69.6 Å². The number of hydrogen-bond acceptors (Lipinski definition) is 3. The Morgan fingerprint density at radius 1 is 1.24 bits per heavy atom. The first-order chi connectivity index (χ1) is 13.5. The normalized spacial score (nSPS) is 10.8. The Morgan fingerprint density at radius 2 is 2.03 bits per heavy atom. The molecule has 8 heteroatoms. The summed E-state index contributed by atoms with van der Waals surface area (Å²) in [5.74, 6) is 0.244. The number of likely N-dealkylation sites (N-methyl/N-ethyl adjacent to an activating group) is 1. The standard InChI is InChI=1S/C21H28FN5O.HI/c1-4-23-21(25-14-17-9-8-16(2)19(22)13-17)26-15-20(28)27(3)12-10-18-7-5-6-11-24-18;/h5-9,11,13H,4,10,12,14-15H2,1-3H3,(H2,23,25,26);1H. The smallest absolute Gasteiger partial charge is 0.241 e. The van der Waals surface area contributed by atoms with Crippen LogP contribution in [-0.4, -0.2) is 48.4 Å². The number of aryl methyl sites for hydroxylation is 1. The summed E-state index contributed by atoms with van der Waals surface area (Å²) in [6.45, 7) is 5.39. The molecule has 1 aromatic carbocycles. The van der Waals surface area contributed by atoms with Crippen LogP contribution >= 0.6 is 24.0 Å². The minimum absolute atomic E-state index is 0. The number of carbonyl (C=O) groups is 1. The number of carbonyl (C=O) groups excluding carboxylic acids is 1. The third kappa shape index (κ3) is 8.76. The highest BCUT2D eigenvalue weighted by Crippen LogP contribution is 2.09. The zero-order chi connectivity index (χ0) is 20.4. The fraction of sp³-hybridized carbons (Fsp3) is 0.381. The molecule has 0 aliphatic carbocycles. The summed E-state index contributed by atoms with van der Waals surface area (Å²) in [7, 11) is 1.77. The summed E-state index contributed by atoms with van der Waals surface area (Å²) in [5, 5.41) is 6.13. The number of pyridine rings is 1. The summed E-state index contributed by atoms with van der Waals surface area (Å²) in [6.07, 6.45) is 2.45. The third-order valence-electron chi connectivity index (χ3n) is 4.26. The number of amides is 1. The van der Waals surface area contributed by atoms with E-state index in [9.17, 15) is 9.18 Å². The van der Waals surface area contributed by atoms with Crippen LogP contribution in [0.15, 0.2) is 47.6 Å². The van der Waals surface area contributed by atoms with Crippen molar-refractivity contribution in [1.29, 1.82) is 0 Å². The van der Waals surface area contributed by atoms with Crippen LogP contribution in [0.1, 0.15) is 23.7 Å². The lowest BCUT2D eigenvalue weighted by atomic mass is 10.1. The molecule has 0 aliphatic rings. The SMILES string of the molecule is CCNC(=NCc1ccc(C)c(F)c1)NCC(=O)N(C)CCc1ccccn1.I. The molecule has 1 aromatic heterocycles. The Balaban J connectivity index is 0.00000420. The number of hydrogen-bond donors (Lipinski definition) is 2. The average Bonchev–Trinajstić information content (AvgIpc) is 2.71. The molecule has 158 valence electrons. The van der Waals surface area contributed by atoms with Gasteiger partial charge in [-0.2, -0.15) is 0 Å². The van der Waals surface area contributed by atoms with Crippen LogP contribution in [0.3, 0.4) is 0 Å². The van der Waals surface area contributed by atoms with Crippen molar-refractivity contribution in [3.05, 3.63) is 65.2 Å².